The maximum Gasteiger partial charge on any atom is 0.337 e. The van der Waals surface area contributed by atoms with Crippen molar-refractivity contribution in [2.24, 2.45) is 0 Å². The molecule has 0 aliphatic heterocycles. The number of halogens is 1. The molecule has 23 heavy (non-hydrogen) atoms. The average Bonchev–Trinajstić information content (AvgIpc) is 2.54. The zero-order valence-electron chi connectivity index (χ0n) is 13.1. The fourth-order valence-electron chi connectivity index (χ4n) is 2.24. The van der Waals surface area contributed by atoms with E-state index >= 15 is 0 Å². The standard InChI is InChI=1S/C18H18BrNO3/c1-3-6-17(21)20-14-10-12(9-13(11-14)18(22)23-2)15-7-4-5-8-16(15)19/h4-5,7-11H,3,6H2,1-2H3,(H,20,21). The molecule has 120 valence electrons. The van der Waals surface area contributed by atoms with Crippen molar-refractivity contribution >= 4 is 33.5 Å². The summed E-state index contributed by atoms with van der Waals surface area (Å²) in [5.41, 5.74) is 2.74. The summed E-state index contributed by atoms with van der Waals surface area (Å²) in [6, 6.07) is 12.9. The number of carbonyl (C=O) groups is 2. The second-order valence-corrected chi connectivity index (χ2v) is 5.92. The highest BCUT2D eigenvalue weighted by Crippen LogP contribution is 2.31. The molecule has 1 amide bonds. The quantitative estimate of drug-likeness (QED) is 0.774. The van der Waals surface area contributed by atoms with E-state index in [1.807, 2.05) is 37.3 Å². The number of ether oxygens (including phenoxy) is 1. The monoisotopic (exact) mass is 375 g/mol. The van der Waals surface area contributed by atoms with Crippen LogP contribution in [-0.4, -0.2) is 19.0 Å². The first kappa shape index (κ1) is 17.2. The summed E-state index contributed by atoms with van der Waals surface area (Å²) in [6.07, 6.45) is 1.20. The topological polar surface area (TPSA) is 55.4 Å². The molecule has 0 aliphatic rings. The summed E-state index contributed by atoms with van der Waals surface area (Å²) in [5, 5.41) is 2.83. The van der Waals surface area contributed by atoms with Crippen LogP contribution in [0.25, 0.3) is 11.1 Å². The summed E-state index contributed by atoms with van der Waals surface area (Å²) < 4.78 is 5.71. The van der Waals surface area contributed by atoms with Crippen LogP contribution in [0, 0.1) is 0 Å². The van der Waals surface area contributed by atoms with E-state index in [9.17, 15) is 9.59 Å². The summed E-state index contributed by atoms with van der Waals surface area (Å²) in [6.45, 7) is 1.94. The third-order valence-corrected chi connectivity index (χ3v) is 3.99. The molecule has 0 saturated carbocycles. The maximum absolute atomic E-state index is 11.9. The fraction of sp³-hybridized carbons (Fsp3) is 0.222. The van der Waals surface area contributed by atoms with Crippen LogP contribution in [0.1, 0.15) is 30.1 Å². The second-order valence-electron chi connectivity index (χ2n) is 5.07. The highest BCUT2D eigenvalue weighted by atomic mass is 79.9. The maximum atomic E-state index is 11.9. The van der Waals surface area contributed by atoms with Gasteiger partial charge in [0.1, 0.15) is 0 Å². The predicted octanol–water partition coefficient (Wildman–Crippen LogP) is 4.64. The molecule has 0 aromatic heterocycles. The van der Waals surface area contributed by atoms with Gasteiger partial charge in [0.15, 0.2) is 0 Å². The molecule has 0 atom stereocenters. The lowest BCUT2D eigenvalue weighted by Gasteiger charge is -2.11. The summed E-state index contributed by atoms with van der Waals surface area (Å²) >= 11 is 3.51. The Labute approximate surface area is 144 Å². The molecule has 1 N–H and O–H groups in total. The van der Waals surface area contributed by atoms with Gasteiger partial charge in [-0.25, -0.2) is 4.79 Å². The van der Waals surface area contributed by atoms with E-state index in [-0.39, 0.29) is 5.91 Å². The highest BCUT2D eigenvalue weighted by molar-refractivity contribution is 9.10. The van der Waals surface area contributed by atoms with Crippen molar-refractivity contribution in [3.63, 3.8) is 0 Å². The molecule has 2 aromatic rings. The highest BCUT2D eigenvalue weighted by Gasteiger charge is 2.12. The number of esters is 1. The SMILES string of the molecule is CCCC(=O)Nc1cc(C(=O)OC)cc(-c2ccccc2Br)c1. The van der Waals surface area contributed by atoms with Crippen LogP contribution in [-0.2, 0) is 9.53 Å². The van der Waals surface area contributed by atoms with Gasteiger partial charge in [-0.1, -0.05) is 41.1 Å². The number of anilines is 1. The van der Waals surface area contributed by atoms with Gasteiger partial charge in [0, 0.05) is 16.6 Å². The third-order valence-electron chi connectivity index (χ3n) is 3.30. The van der Waals surface area contributed by atoms with Gasteiger partial charge in [-0.05, 0) is 41.8 Å². The molecule has 0 aliphatic carbocycles. The Morgan fingerprint density at radius 1 is 1.17 bits per heavy atom. The average molecular weight is 376 g/mol. The molecule has 0 radical (unpaired) electrons. The Hall–Kier alpha value is -2.14. The molecule has 0 saturated heterocycles. The minimum atomic E-state index is -0.440. The summed E-state index contributed by atoms with van der Waals surface area (Å²) in [7, 11) is 1.34. The first-order valence-corrected chi connectivity index (χ1v) is 8.12. The van der Waals surface area contributed by atoms with Gasteiger partial charge in [0.2, 0.25) is 5.91 Å². The van der Waals surface area contributed by atoms with Crippen molar-refractivity contribution in [1.29, 1.82) is 0 Å². The Bertz CT molecular complexity index is 728. The Kier molecular flexibility index (Phi) is 5.93. The lowest BCUT2D eigenvalue weighted by atomic mass is 10.0. The van der Waals surface area contributed by atoms with Gasteiger partial charge in [-0.3, -0.25) is 4.79 Å². The molecular formula is C18H18BrNO3. The van der Waals surface area contributed by atoms with Crippen molar-refractivity contribution in [2.45, 2.75) is 19.8 Å². The van der Waals surface area contributed by atoms with Gasteiger partial charge in [0.25, 0.3) is 0 Å². The van der Waals surface area contributed by atoms with E-state index in [4.69, 9.17) is 4.74 Å². The number of benzene rings is 2. The molecule has 5 heteroatoms. The molecule has 0 heterocycles. The van der Waals surface area contributed by atoms with Crippen LogP contribution < -0.4 is 5.32 Å². The predicted molar refractivity (Wildman–Crippen MR) is 94.5 cm³/mol. The molecule has 0 bridgehead atoms. The largest absolute Gasteiger partial charge is 0.465 e. The van der Waals surface area contributed by atoms with E-state index in [2.05, 4.69) is 21.2 Å². The van der Waals surface area contributed by atoms with Gasteiger partial charge < -0.3 is 10.1 Å². The molecular weight excluding hydrogens is 358 g/mol. The minimum Gasteiger partial charge on any atom is -0.465 e. The van der Waals surface area contributed by atoms with Crippen LogP contribution in [0.5, 0.6) is 0 Å². The Balaban J connectivity index is 2.47. The molecule has 0 unspecified atom stereocenters. The van der Waals surface area contributed by atoms with Gasteiger partial charge in [-0.2, -0.15) is 0 Å². The minimum absolute atomic E-state index is 0.0763. The number of hydrogen-bond acceptors (Lipinski definition) is 3. The lowest BCUT2D eigenvalue weighted by molar-refractivity contribution is -0.116. The van der Waals surface area contributed by atoms with Gasteiger partial charge in [-0.15, -0.1) is 0 Å². The van der Waals surface area contributed by atoms with Crippen molar-refractivity contribution in [3.8, 4) is 11.1 Å². The van der Waals surface area contributed by atoms with Crippen LogP contribution in [0.4, 0.5) is 5.69 Å². The van der Waals surface area contributed by atoms with Crippen LogP contribution in [0.2, 0.25) is 0 Å². The summed E-state index contributed by atoms with van der Waals surface area (Å²) in [4.78, 5) is 23.7. The lowest BCUT2D eigenvalue weighted by Crippen LogP contribution is -2.12. The molecule has 4 nitrogen and oxygen atoms in total. The third kappa shape index (κ3) is 4.42. The fourth-order valence-corrected chi connectivity index (χ4v) is 2.75. The van der Waals surface area contributed by atoms with E-state index in [0.29, 0.717) is 17.7 Å². The first-order valence-electron chi connectivity index (χ1n) is 7.33. The van der Waals surface area contributed by atoms with E-state index in [1.165, 1.54) is 7.11 Å². The van der Waals surface area contributed by atoms with Crippen molar-refractivity contribution in [3.05, 3.63) is 52.5 Å². The van der Waals surface area contributed by atoms with E-state index < -0.39 is 5.97 Å². The smallest absolute Gasteiger partial charge is 0.337 e. The Morgan fingerprint density at radius 2 is 1.91 bits per heavy atom. The van der Waals surface area contributed by atoms with Crippen molar-refractivity contribution in [1.82, 2.24) is 0 Å². The number of rotatable bonds is 5. The number of methoxy groups -OCH3 is 1. The van der Waals surface area contributed by atoms with Crippen LogP contribution in [0.3, 0.4) is 0 Å². The zero-order valence-corrected chi connectivity index (χ0v) is 14.6. The zero-order chi connectivity index (χ0) is 16.8. The van der Waals surface area contributed by atoms with Crippen LogP contribution in [0.15, 0.2) is 46.9 Å². The first-order chi connectivity index (χ1) is 11.0. The number of hydrogen-bond donors (Lipinski definition) is 1. The van der Waals surface area contributed by atoms with Crippen molar-refractivity contribution < 1.29 is 14.3 Å². The molecule has 0 spiro atoms. The summed E-state index contributed by atoms with van der Waals surface area (Å²) in [5.74, 6) is -0.516. The van der Waals surface area contributed by atoms with Crippen molar-refractivity contribution in [2.75, 3.05) is 12.4 Å². The number of amides is 1. The van der Waals surface area contributed by atoms with Gasteiger partial charge >= 0.3 is 5.97 Å². The number of carbonyl (C=O) groups excluding carboxylic acids is 2. The van der Waals surface area contributed by atoms with Gasteiger partial charge in [0.05, 0.1) is 12.7 Å². The normalized spacial score (nSPS) is 10.2. The van der Waals surface area contributed by atoms with E-state index in [0.717, 1.165) is 22.0 Å². The molecule has 2 rings (SSSR count). The van der Waals surface area contributed by atoms with Crippen LogP contribution >= 0.6 is 15.9 Å². The Morgan fingerprint density at radius 3 is 2.57 bits per heavy atom. The molecule has 2 aromatic carbocycles. The number of nitrogens with one attached hydrogen (secondary N) is 1. The van der Waals surface area contributed by atoms with E-state index in [1.54, 1.807) is 12.1 Å². The molecule has 0 fully saturated rings. The second kappa shape index (κ2) is 7.92.